The van der Waals surface area contributed by atoms with Crippen LogP contribution in [0.1, 0.15) is 46.0 Å². The Kier molecular flexibility index (Phi) is 5.42. The van der Waals surface area contributed by atoms with Crippen LogP contribution < -0.4 is 0 Å². The molecule has 0 amide bonds. The summed E-state index contributed by atoms with van der Waals surface area (Å²) in [4.78, 5) is 0. The van der Waals surface area contributed by atoms with Gasteiger partial charge in [-0.05, 0) is 18.8 Å². The van der Waals surface area contributed by atoms with Crippen molar-refractivity contribution in [1.82, 2.24) is 9.78 Å². The maximum Gasteiger partial charge on any atom is 0.0859 e. The van der Waals surface area contributed by atoms with Crippen molar-refractivity contribution >= 4 is 11.6 Å². The van der Waals surface area contributed by atoms with Crippen molar-refractivity contribution < 1.29 is 10.2 Å². The Labute approximate surface area is 120 Å². The number of hydrogen-bond acceptors (Lipinski definition) is 3. The van der Waals surface area contributed by atoms with Crippen LogP contribution in [0.2, 0.25) is 5.02 Å². The summed E-state index contributed by atoms with van der Waals surface area (Å²) in [6.07, 6.45) is -0.562. The molecule has 1 aromatic heterocycles. The first kappa shape index (κ1) is 16.5. The highest BCUT2D eigenvalue weighted by Crippen LogP contribution is 2.27. The van der Waals surface area contributed by atoms with Gasteiger partial charge in [0.25, 0.3) is 0 Å². The van der Waals surface area contributed by atoms with E-state index in [4.69, 9.17) is 11.6 Å². The van der Waals surface area contributed by atoms with Crippen molar-refractivity contribution in [1.29, 1.82) is 0 Å². The van der Waals surface area contributed by atoms with E-state index in [1.165, 1.54) is 0 Å². The van der Waals surface area contributed by atoms with Gasteiger partial charge in [0, 0.05) is 13.0 Å². The average Bonchev–Trinajstić information content (AvgIpc) is 2.64. The summed E-state index contributed by atoms with van der Waals surface area (Å²) in [6, 6.07) is 0. The molecule has 2 unspecified atom stereocenters. The molecule has 0 fully saturated rings. The predicted molar refractivity (Wildman–Crippen MR) is 77.5 cm³/mol. The van der Waals surface area contributed by atoms with Crippen LogP contribution in [0.15, 0.2) is 0 Å². The third-order valence-electron chi connectivity index (χ3n) is 3.35. The Morgan fingerprint density at radius 2 is 1.84 bits per heavy atom. The van der Waals surface area contributed by atoms with Crippen LogP contribution in [0.5, 0.6) is 0 Å². The summed E-state index contributed by atoms with van der Waals surface area (Å²) in [5, 5.41) is 25.3. The third kappa shape index (κ3) is 3.71. The standard InChI is InChI=1S/C14H25ClN2O2/c1-6-9-12(15)10(17(7-2)16-9)8-11(18)13(19)14(3,4)5/h11,13,18-19H,6-8H2,1-5H3. The smallest absolute Gasteiger partial charge is 0.0859 e. The molecule has 0 aliphatic rings. The minimum Gasteiger partial charge on any atom is -0.390 e. The second-order valence-corrected chi connectivity index (χ2v) is 6.34. The second kappa shape index (κ2) is 6.25. The molecule has 1 rings (SSSR count). The van der Waals surface area contributed by atoms with Crippen LogP contribution in [0.4, 0.5) is 0 Å². The second-order valence-electron chi connectivity index (χ2n) is 5.96. The minimum absolute atomic E-state index is 0.318. The highest BCUT2D eigenvalue weighted by Gasteiger charge is 2.30. The van der Waals surface area contributed by atoms with Gasteiger partial charge in [-0.2, -0.15) is 5.10 Å². The van der Waals surface area contributed by atoms with Crippen molar-refractivity contribution in [3.8, 4) is 0 Å². The van der Waals surface area contributed by atoms with Crippen LogP contribution in [0, 0.1) is 5.41 Å². The SMILES string of the molecule is CCc1nn(CC)c(CC(O)C(O)C(C)(C)C)c1Cl. The number of aliphatic hydroxyl groups excluding tert-OH is 2. The molecule has 5 heteroatoms. The quantitative estimate of drug-likeness (QED) is 0.875. The average molecular weight is 289 g/mol. The lowest BCUT2D eigenvalue weighted by Crippen LogP contribution is -2.39. The van der Waals surface area contributed by atoms with Crippen molar-refractivity contribution in [2.24, 2.45) is 5.41 Å². The lowest BCUT2D eigenvalue weighted by Gasteiger charge is -2.30. The Bertz CT molecular complexity index is 424. The number of aromatic nitrogens is 2. The molecule has 2 atom stereocenters. The van der Waals surface area contributed by atoms with E-state index in [1.807, 2.05) is 34.6 Å². The lowest BCUT2D eigenvalue weighted by molar-refractivity contribution is -0.0441. The zero-order chi connectivity index (χ0) is 14.8. The van der Waals surface area contributed by atoms with Crippen molar-refractivity contribution in [2.45, 2.75) is 66.2 Å². The molecule has 2 N–H and O–H groups in total. The van der Waals surface area contributed by atoms with Gasteiger partial charge in [-0.1, -0.05) is 39.3 Å². The van der Waals surface area contributed by atoms with E-state index in [1.54, 1.807) is 4.68 Å². The van der Waals surface area contributed by atoms with E-state index in [0.29, 0.717) is 18.0 Å². The van der Waals surface area contributed by atoms with Gasteiger partial charge in [-0.15, -0.1) is 0 Å². The normalized spacial score (nSPS) is 15.6. The number of aliphatic hydroxyl groups is 2. The molecule has 110 valence electrons. The first-order valence-electron chi connectivity index (χ1n) is 6.82. The zero-order valence-electron chi connectivity index (χ0n) is 12.4. The number of rotatable bonds is 5. The fourth-order valence-electron chi connectivity index (χ4n) is 2.10. The largest absolute Gasteiger partial charge is 0.390 e. The molecular formula is C14H25ClN2O2. The molecular weight excluding hydrogens is 264 g/mol. The number of hydrogen-bond donors (Lipinski definition) is 2. The molecule has 19 heavy (non-hydrogen) atoms. The molecule has 0 bridgehead atoms. The first-order valence-corrected chi connectivity index (χ1v) is 7.20. The molecule has 0 spiro atoms. The van der Waals surface area contributed by atoms with Crippen molar-refractivity contribution in [2.75, 3.05) is 0 Å². The molecule has 0 aliphatic carbocycles. The fourth-order valence-corrected chi connectivity index (χ4v) is 2.45. The Morgan fingerprint density at radius 1 is 1.26 bits per heavy atom. The fraction of sp³-hybridized carbons (Fsp3) is 0.786. The van der Waals surface area contributed by atoms with Crippen molar-refractivity contribution in [3.05, 3.63) is 16.4 Å². The van der Waals surface area contributed by atoms with Gasteiger partial charge in [-0.25, -0.2) is 0 Å². The lowest BCUT2D eigenvalue weighted by atomic mass is 9.84. The van der Waals surface area contributed by atoms with Crippen LogP contribution in [0.3, 0.4) is 0 Å². The van der Waals surface area contributed by atoms with Gasteiger partial charge < -0.3 is 10.2 Å². The van der Waals surface area contributed by atoms with Gasteiger partial charge in [0.2, 0.25) is 0 Å². The molecule has 1 heterocycles. The Morgan fingerprint density at radius 3 is 2.26 bits per heavy atom. The van der Waals surface area contributed by atoms with Crippen LogP contribution in [-0.4, -0.2) is 32.2 Å². The minimum atomic E-state index is -0.843. The van der Waals surface area contributed by atoms with Gasteiger partial charge in [0.15, 0.2) is 0 Å². The van der Waals surface area contributed by atoms with Crippen LogP contribution in [0.25, 0.3) is 0 Å². The summed E-state index contributed by atoms with van der Waals surface area (Å²) >= 11 is 6.30. The molecule has 1 aromatic rings. The molecule has 4 nitrogen and oxygen atoms in total. The molecule has 0 aromatic carbocycles. The summed E-state index contributed by atoms with van der Waals surface area (Å²) in [7, 11) is 0. The number of aryl methyl sites for hydroxylation is 2. The van der Waals surface area contributed by atoms with E-state index in [0.717, 1.165) is 17.8 Å². The van der Waals surface area contributed by atoms with E-state index in [2.05, 4.69) is 5.10 Å². The zero-order valence-corrected chi connectivity index (χ0v) is 13.2. The Hall–Kier alpha value is -0.580. The predicted octanol–water partition coefficient (Wildman–Crippen LogP) is 2.43. The van der Waals surface area contributed by atoms with Gasteiger partial charge >= 0.3 is 0 Å². The van der Waals surface area contributed by atoms with E-state index in [-0.39, 0.29) is 5.41 Å². The summed E-state index contributed by atoms with van der Waals surface area (Å²) in [5.41, 5.74) is 1.28. The summed E-state index contributed by atoms with van der Waals surface area (Å²) in [5.74, 6) is 0. The van der Waals surface area contributed by atoms with Gasteiger partial charge in [0.05, 0.1) is 28.6 Å². The van der Waals surface area contributed by atoms with Gasteiger partial charge in [0.1, 0.15) is 0 Å². The number of nitrogens with zero attached hydrogens (tertiary/aromatic N) is 2. The highest BCUT2D eigenvalue weighted by atomic mass is 35.5. The molecule has 0 radical (unpaired) electrons. The van der Waals surface area contributed by atoms with Crippen LogP contribution in [-0.2, 0) is 19.4 Å². The maximum atomic E-state index is 10.2. The first-order chi connectivity index (χ1) is 8.72. The topological polar surface area (TPSA) is 58.3 Å². The summed E-state index contributed by atoms with van der Waals surface area (Å²) < 4.78 is 1.81. The maximum absolute atomic E-state index is 10.2. The Balaban J connectivity index is 2.96. The third-order valence-corrected chi connectivity index (χ3v) is 3.78. The highest BCUT2D eigenvalue weighted by molar-refractivity contribution is 6.31. The van der Waals surface area contributed by atoms with Crippen LogP contribution >= 0.6 is 11.6 Å². The number of halogens is 1. The van der Waals surface area contributed by atoms with E-state index < -0.39 is 12.2 Å². The summed E-state index contributed by atoms with van der Waals surface area (Å²) in [6.45, 7) is 10.4. The molecule has 0 saturated heterocycles. The molecule has 0 saturated carbocycles. The van der Waals surface area contributed by atoms with Gasteiger partial charge in [-0.3, -0.25) is 4.68 Å². The van der Waals surface area contributed by atoms with E-state index in [9.17, 15) is 10.2 Å². The molecule has 0 aliphatic heterocycles. The monoisotopic (exact) mass is 288 g/mol. The van der Waals surface area contributed by atoms with Crippen molar-refractivity contribution in [3.63, 3.8) is 0 Å². The van der Waals surface area contributed by atoms with E-state index >= 15 is 0 Å².